The Balaban J connectivity index is 2.63. The van der Waals surface area contributed by atoms with Crippen LogP contribution in [0.25, 0.3) is 4.91 Å². The van der Waals surface area contributed by atoms with E-state index in [-0.39, 0.29) is 22.8 Å². The molecule has 2 rings (SSSR count). The minimum atomic E-state index is -3.52. The minimum Gasteiger partial charge on any atom is -0.224 e. The molecule has 0 saturated carbocycles. The van der Waals surface area contributed by atoms with Crippen LogP contribution in [0, 0.1) is 3.57 Å². The molecule has 1 aromatic rings. The molecule has 0 bridgehead atoms. The van der Waals surface area contributed by atoms with Gasteiger partial charge in [0.05, 0.1) is 16.4 Å². The van der Waals surface area contributed by atoms with E-state index in [0.29, 0.717) is 5.56 Å². The fourth-order valence-corrected chi connectivity index (χ4v) is 5.65. The molecule has 1 aliphatic rings. The topological polar surface area (TPSA) is 68.3 Å². The first kappa shape index (κ1) is 14.0. The third-order valence-corrected chi connectivity index (χ3v) is 6.76. The Morgan fingerprint density at radius 2 is 1.56 bits per heavy atom. The maximum atomic E-state index is 12.0. The first-order valence-corrected chi connectivity index (χ1v) is 9.68. The highest BCUT2D eigenvalue weighted by atomic mass is 127. The molecular formula is C11H11IO4S2. The van der Waals surface area contributed by atoms with Crippen molar-refractivity contribution in [2.24, 2.45) is 0 Å². The zero-order valence-corrected chi connectivity index (χ0v) is 13.1. The number of hydrogen-bond acceptors (Lipinski definition) is 4. The Bertz CT molecular complexity index is 685. The maximum absolute atomic E-state index is 12.0. The lowest BCUT2D eigenvalue weighted by atomic mass is 10.2. The van der Waals surface area contributed by atoms with Crippen LogP contribution in [0.2, 0.25) is 0 Å². The van der Waals surface area contributed by atoms with Crippen LogP contribution in [0.15, 0.2) is 29.7 Å². The summed E-state index contributed by atoms with van der Waals surface area (Å²) in [6.07, 6.45) is 0.148. The molecule has 0 spiro atoms. The molecule has 0 aliphatic carbocycles. The molecule has 0 amide bonds. The second-order valence-corrected chi connectivity index (χ2v) is 9.32. The molecule has 0 N–H and O–H groups in total. The maximum Gasteiger partial charge on any atom is 0.179 e. The Hall–Kier alpha value is -0.410. The van der Waals surface area contributed by atoms with Crippen molar-refractivity contribution in [2.75, 3.05) is 11.5 Å². The van der Waals surface area contributed by atoms with Crippen LogP contribution in [0.5, 0.6) is 0 Å². The Kier molecular flexibility index (Phi) is 3.84. The van der Waals surface area contributed by atoms with Gasteiger partial charge < -0.3 is 0 Å². The van der Waals surface area contributed by atoms with E-state index in [1.54, 1.807) is 24.3 Å². The molecule has 0 aromatic heterocycles. The van der Waals surface area contributed by atoms with Gasteiger partial charge in [0.2, 0.25) is 0 Å². The Morgan fingerprint density at radius 1 is 0.944 bits per heavy atom. The van der Waals surface area contributed by atoms with Crippen molar-refractivity contribution >= 4 is 47.2 Å². The zero-order chi connectivity index (χ0) is 13.4. The van der Waals surface area contributed by atoms with E-state index in [0.717, 1.165) is 8.98 Å². The molecule has 0 saturated heterocycles. The van der Waals surface area contributed by atoms with Gasteiger partial charge in [0.1, 0.15) is 0 Å². The summed E-state index contributed by atoms with van der Waals surface area (Å²) >= 11 is 2.10. The van der Waals surface area contributed by atoms with E-state index in [4.69, 9.17) is 0 Å². The van der Waals surface area contributed by atoms with Crippen LogP contribution < -0.4 is 0 Å². The number of rotatable bonds is 1. The van der Waals surface area contributed by atoms with Crippen molar-refractivity contribution in [3.63, 3.8) is 0 Å². The second kappa shape index (κ2) is 4.93. The van der Waals surface area contributed by atoms with Gasteiger partial charge in [0.15, 0.2) is 19.7 Å². The quantitative estimate of drug-likeness (QED) is 0.677. The third kappa shape index (κ3) is 3.12. The number of hydrogen-bond donors (Lipinski definition) is 0. The predicted octanol–water partition coefficient (Wildman–Crippen LogP) is 1.82. The number of sulfone groups is 2. The molecule has 0 unspecified atom stereocenters. The molecule has 4 nitrogen and oxygen atoms in total. The SMILES string of the molecule is O=S1(=O)C=C(c2ccc(I)cc2)S(=O)(=O)CCC1. The monoisotopic (exact) mass is 398 g/mol. The van der Waals surface area contributed by atoms with Gasteiger partial charge in [-0.1, -0.05) is 12.1 Å². The highest BCUT2D eigenvalue weighted by Crippen LogP contribution is 2.27. The van der Waals surface area contributed by atoms with E-state index in [1.165, 1.54) is 0 Å². The van der Waals surface area contributed by atoms with Crippen molar-refractivity contribution < 1.29 is 16.8 Å². The molecule has 0 atom stereocenters. The van der Waals surface area contributed by atoms with Crippen LogP contribution in [0.3, 0.4) is 0 Å². The normalized spacial score (nSPS) is 21.9. The molecule has 0 fully saturated rings. The first-order chi connectivity index (χ1) is 8.30. The summed E-state index contributed by atoms with van der Waals surface area (Å²) in [6, 6.07) is 6.77. The van der Waals surface area contributed by atoms with Crippen LogP contribution in [-0.2, 0) is 19.7 Å². The van der Waals surface area contributed by atoms with E-state index < -0.39 is 19.7 Å². The van der Waals surface area contributed by atoms with Gasteiger partial charge in [-0.25, -0.2) is 16.8 Å². The fraction of sp³-hybridized carbons (Fsp3) is 0.273. The van der Waals surface area contributed by atoms with E-state index in [1.807, 2.05) is 0 Å². The van der Waals surface area contributed by atoms with Crippen molar-refractivity contribution in [1.82, 2.24) is 0 Å². The third-order valence-electron chi connectivity index (χ3n) is 2.59. The number of benzene rings is 1. The average Bonchev–Trinajstić information content (AvgIpc) is 2.36. The Morgan fingerprint density at radius 3 is 2.17 bits per heavy atom. The van der Waals surface area contributed by atoms with E-state index >= 15 is 0 Å². The molecule has 1 aromatic carbocycles. The lowest BCUT2D eigenvalue weighted by Gasteiger charge is -2.06. The summed E-state index contributed by atoms with van der Waals surface area (Å²) in [5.74, 6) is -0.232. The van der Waals surface area contributed by atoms with Gasteiger partial charge >= 0.3 is 0 Å². The van der Waals surface area contributed by atoms with Crippen LogP contribution in [0.4, 0.5) is 0 Å². The van der Waals surface area contributed by atoms with E-state index in [2.05, 4.69) is 22.6 Å². The molecule has 7 heteroatoms. The van der Waals surface area contributed by atoms with Gasteiger partial charge in [0, 0.05) is 8.98 Å². The van der Waals surface area contributed by atoms with Crippen molar-refractivity contribution in [1.29, 1.82) is 0 Å². The van der Waals surface area contributed by atoms with Crippen molar-refractivity contribution in [3.05, 3.63) is 38.8 Å². The van der Waals surface area contributed by atoms with Gasteiger partial charge in [-0.3, -0.25) is 0 Å². The van der Waals surface area contributed by atoms with Crippen molar-refractivity contribution in [2.45, 2.75) is 6.42 Å². The van der Waals surface area contributed by atoms with Crippen LogP contribution in [0.1, 0.15) is 12.0 Å². The molecule has 98 valence electrons. The minimum absolute atomic E-state index is 0.0867. The largest absolute Gasteiger partial charge is 0.224 e. The number of halogens is 1. The van der Waals surface area contributed by atoms with Crippen molar-refractivity contribution in [3.8, 4) is 0 Å². The van der Waals surface area contributed by atoms with Crippen LogP contribution in [-0.4, -0.2) is 28.3 Å². The predicted molar refractivity (Wildman–Crippen MR) is 79.3 cm³/mol. The van der Waals surface area contributed by atoms with Gasteiger partial charge in [-0.15, -0.1) is 0 Å². The summed E-state index contributed by atoms with van der Waals surface area (Å²) in [4.78, 5) is -0.0867. The lowest BCUT2D eigenvalue weighted by molar-refractivity contribution is 0.602. The highest BCUT2D eigenvalue weighted by Gasteiger charge is 2.26. The van der Waals surface area contributed by atoms with Gasteiger partial charge in [-0.2, -0.15) is 0 Å². The highest BCUT2D eigenvalue weighted by molar-refractivity contribution is 14.1. The average molecular weight is 398 g/mol. The standard InChI is InChI=1S/C11H11IO4S2/c12-10-4-2-9(3-5-10)11-8-17(13,14)6-1-7-18(11,15)16/h2-5,8H,1,6-7H2. The summed E-state index contributed by atoms with van der Waals surface area (Å²) in [6.45, 7) is 0. The van der Waals surface area contributed by atoms with Gasteiger partial charge in [-0.05, 0) is 46.7 Å². The lowest BCUT2D eigenvalue weighted by Crippen LogP contribution is -2.07. The molecular weight excluding hydrogens is 387 g/mol. The summed E-state index contributed by atoms with van der Waals surface area (Å²) in [5, 5.41) is 0.900. The molecule has 1 heterocycles. The van der Waals surface area contributed by atoms with Crippen LogP contribution >= 0.6 is 22.6 Å². The summed E-state index contributed by atoms with van der Waals surface area (Å²) in [7, 11) is -6.96. The summed E-state index contributed by atoms with van der Waals surface area (Å²) in [5.41, 5.74) is 0.431. The molecule has 0 radical (unpaired) electrons. The second-order valence-electron chi connectivity index (χ2n) is 4.03. The van der Waals surface area contributed by atoms with Gasteiger partial charge in [0.25, 0.3) is 0 Å². The Labute approximate surface area is 120 Å². The fourth-order valence-electron chi connectivity index (χ4n) is 1.72. The smallest absolute Gasteiger partial charge is 0.179 e. The molecule has 18 heavy (non-hydrogen) atoms. The molecule has 1 aliphatic heterocycles. The first-order valence-electron chi connectivity index (χ1n) is 5.23. The summed E-state index contributed by atoms with van der Waals surface area (Å²) < 4.78 is 48.4. The zero-order valence-electron chi connectivity index (χ0n) is 9.34. The van der Waals surface area contributed by atoms with E-state index in [9.17, 15) is 16.8 Å².